The zero-order chi connectivity index (χ0) is 16.8. The summed E-state index contributed by atoms with van der Waals surface area (Å²) in [6, 6.07) is 10.1. The van der Waals surface area contributed by atoms with Crippen molar-refractivity contribution in [2.45, 2.75) is 13.8 Å². The molecular formula is C17H18FN3O2. The molecule has 0 saturated heterocycles. The number of benzene rings is 1. The van der Waals surface area contributed by atoms with Crippen molar-refractivity contribution in [3.63, 3.8) is 0 Å². The molecule has 120 valence electrons. The minimum Gasteiger partial charge on any atom is -0.338 e. The molecule has 0 aliphatic rings. The van der Waals surface area contributed by atoms with Gasteiger partial charge >= 0.3 is 0 Å². The lowest BCUT2D eigenvalue weighted by atomic mass is 10.2. The second-order valence-electron chi connectivity index (χ2n) is 4.85. The number of amides is 2. The first-order valence-electron chi connectivity index (χ1n) is 7.38. The number of hydrogen-bond donors (Lipinski definition) is 1. The molecule has 2 rings (SSSR count). The third-order valence-electron chi connectivity index (χ3n) is 3.35. The van der Waals surface area contributed by atoms with E-state index in [9.17, 15) is 14.0 Å². The molecule has 2 amide bonds. The Labute approximate surface area is 134 Å². The summed E-state index contributed by atoms with van der Waals surface area (Å²) < 4.78 is 12.9. The van der Waals surface area contributed by atoms with Crippen molar-refractivity contribution < 1.29 is 14.0 Å². The number of carbonyl (C=O) groups is 2. The summed E-state index contributed by atoms with van der Waals surface area (Å²) in [6.45, 7) is 4.91. The van der Waals surface area contributed by atoms with E-state index in [0.717, 1.165) is 0 Å². The van der Waals surface area contributed by atoms with E-state index in [2.05, 4.69) is 10.3 Å². The van der Waals surface area contributed by atoms with Gasteiger partial charge in [-0.25, -0.2) is 9.37 Å². The summed E-state index contributed by atoms with van der Waals surface area (Å²) in [6.07, 6.45) is 0. The Kier molecular flexibility index (Phi) is 5.41. The number of hydrogen-bond acceptors (Lipinski definition) is 3. The van der Waals surface area contributed by atoms with Gasteiger partial charge in [-0.05, 0) is 50.2 Å². The average Bonchev–Trinajstić information content (AvgIpc) is 2.58. The van der Waals surface area contributed by atoms with E-state index in [4.69, 9.17) is 0 Å². The lowest BCUT2D eigenvalue weighted by Crippen LogP contribution is -2.31. The van der Waals surface area contributed by atoms with Gasteiger partial charge in [-0.2, -0.15) is 0 Å². The van der Waals surface area contributed by atoms with Gasteiger partial charge < -0.3 is 10.2 Å². The predicted molar refractivity (Wildman–Crippen MR) is 85.8 cm³/mol. The van der Waals surface area contributed by atoms with Crippen LogP contribution in [0.2, 0.25) is 0 Å². The Hall–Kier alpha value is -2.76. The monoisotopic (exact) mass is 315 g/mol. The average molecular weight is 315 g/mol. The Morgan fingerprint density at radius 1 is 1.04 bits per heavy atom. The van der Waals surface area contributed by atoms with Crippen LogP contribution in [0.5, 0.6) is 0 Å². The maximum absolute atomic E-state index is 12.9. The highest BCUT2D eigenvalue weighted by Crippen LogP contribution is 2.11. The first-order chi connectivity index (χ1) is 11.0. The highest BCUT2D eigenvalue weighted by atomic mass is 19.1. The van der Waals surface area contributed by atoms with Crippen molar-refractivity contribution in [2.75, 3.05) is 18.4 Å². The largest absolute Gasteiger partial charge is 0.338 e. The van der Waals surface area contributed by atoms with Gasteiger partial charge in [-0.1, -0.05) is 6.07 Å². The van der Waals surface area contributed by atoms with Crippen molar-refractivity contribution in [3.05, 3.63) is 59.7 Å². The normalized spacial score (nSPS) is 10.2. The Morgan fingerprint density at radius 3 is 2.26 bits per heavy atom. The highest BCUT2D eigenvalue weighted by molar-refractivity contribution is 6.03. The molecule has 1 aromatic heterocycles. The molecule has 1 heterocycles. The second kappa shape index (κ2) is 7.49. The van der Waals surface area contributed by atoms with E-state index in [0.29, 0.717) is 18.8 Å². The SMILES string of the molecule is CCN(CC)C(=O)c1cccc(C(=O)Nc2ccc(F)cc2)n1. The number of halogens is 1. The summed E-state index contributed by atoms with van der Waals surface area (Å²) in [7, 11) is 0. The Bertz CT molecular complexity index is 697. The van der Waals surface area contributed by atoms with Crippen LogP contribution in [0.25, 0.3) is 0 Å². The van der Waals surface area contributed by atoms with E-state index in [1.807, 2.05) is 13.8 Å². The summed E-state index contributed by atoms with van der Waals surface area (Å²) in [4.78, 5) is 30.2. The second-order valence-corrected chi connectivity index (χ2v) is 4.85. The molecule has 23 heavy (non-hydrogen) atoms. The summed E-state index contributed by atoms with van der Waals surface area (Å²) in [5, 5.41) is 2.62. The number of rotatable bonds is 5. The molecule has 6 heteroatoms. The first-order valence-corrected chi connectivity index (χ1v) is 7.38. The van der Waals surface area contributed by atoms with E-state index in [1.165, 1.54) is 30.3 Å². The third kappa shape index (κ3) is 4.12. The standard InChI is InChI=1S/C17H18FN3O2/c1-3-21(4-2)17(23)15-7-5-6-14(20-15)16(22)19-13-10-8-12(18)9-11-13/h5-11H,3-4H2,1-2H3,(H,19,22). The molecule has 5 nitrogen and oxygen atoms in total. The fourth-order valence-electron chi connectivity index (χ4n) is 2.08. The van der Waals surface area contributed by atoms with Gasteiger partial charge in [0, 0.05) is 18.8 Å². The molecule has 1 N–H and O–H groups in total. The van der Waals surface area contributed by atoms with Crippen molar-refractivity contribution in [1.29, 1.82) is 0 Å². The molecule has 0 aliphatic heterocycles. The molecule has 1 aromatic carbocycles. The van der Waals surface area contributed by atoms with E-state index in [1.54, 1.807) is 17.0 Å². The van der Waals surface area contributed by atoms with Crippen molar-refractivity contribution in [3.8, 4) is 0 Å². The maximum atomic E-state index is 12.9. The van der Waals surface area contributed by atoms with Crippen molar-refractivity contribution in [2.24, 2.45) is 0 Å². The first kappa shape index (κ1) is 16.6. The van der Waals surface area contributed by atoms with Crippen molar-refractivity contribution in [1.82, 2.24) is 9.88 Å². The minimum atomic E-state index is -0.453. The smallest absolute Gasteiger partial charge is 0.274 e. The molecule has 0 atom stereocenters. The lowest BCUT2D eigenvalue weighted by molar-refractivity contribution is 0.0767. The van der Waals surface area contributed by atoms with Crippen LogP contribution in [-0.2, 0) is 0 Å². The summed E-state index contributed by atoms with van der Waals surface area (Å²) >= 11 is 0. The number of nitrogens with one attached hydrogen (secondary N) is 1. The molecule has 0 unspecified atom stereocenters. The molecule has 0 radical (unpaired) electrons. The minimum absolute atomic E-state index is 0.132. The number of carbonyl (C=O) groups excluding carboxylic acids is 2. The maximum Gasteiger partial charge on any atom is 0.274 e. The van der Waals surface area contributed by atoms with Gasteiger partial charge in [-0.15, -0.1) is 0 Å². The molecule has 0 aliphatic carbocycles. The zero-order valence-electron chi connectivity index (χ0n) is 13.0. The van der Waals surface area contributed by atoms with Crippen LogP contribution in [0.1, 0.15) is 34.8 Å². The van der Waals surface area contributed by atoms with E-state index < -0.39 is 5.91 Å². The van der Waals surface area contributed by atoms with Gasteiger partial charge in [-0.3, -0.25) is 9.59 Å². The van der Waals surface area contributed by atoms with Crippen LogP contribution in [0.15, 0.2) is 42.5 Å². The quantitative estimate of drug-likeness (QED) is 0.922. The zero-order valence-corrected chi connectivity index (χ0v) is 13.0. The van der Waals surface area contributed by atoms with Crippen LogP contribution in [-0.4, -0.2) is 34.8 Å². The van der Waals surface area contributed by atoms with Gasteiger partial charge in [0.05, 0.1) is 0 Å². The summed E-state index contributed by atoms with van der Waals surface area (Å²) in [5.74, 6) is -1.05. The van der Waals surface area contributed by atoms with Crippen LogP contribution in [0.3, 0.4) is 0 Å². The van der Waals surface area contributed by atoms with Crippen LogP contribution < -0.4 is 5.32 Å². The van der Waals surface area contributed by atoms with Crippen LogP contribution >= 0.6 is 0 Å². The topological polar surface area (TPSA) is 62.3 Å². The number of aromatic nitrogens is 1. The molecule has 2 aromatic rings. The van der Waals surface area contributed by atoms with Crippen LogP contribution in [0.4, 0.5) is 10.1 Å². The van der Waals surface area contributed by atoms with E-state index >= 15 is 0 Å². The Morgan fingerprint density at radius 2 is 1.65 bits per heavy atom. The molecular weight excluding hydrogens is 297 g/mol. The van der Waals surface area contributed by atoms with Gasteiger partial charge in [0.25, 0.3) is 11.8 Å². The summed E-state index contributed by atoms with van der Waals surface area (Å²) in [5.41, 5.74) is 0.812. The lowest BCUT2D eigenvalue weighted by Gasteiger charge is -2.18. The Balaban J connectivity index is 2.17. The van der Waals surface area contributed by atoms with Gasteiger partial charge in [0.1, 0.15) is 17.2 Å². The molecule has 0 bridgehead atoms. The predicted octanol–water partition coefficient (Wildman–Crippen LogP) is 2.96. The van der Waals surface area contributed by atoms with Gasteiger partial charge in [0.2, 0.25) is 0 Å². The fraction of sp³-hybridized carbons (Fsp3) is 0.235. The number of anilines is 1. The number of pyridine rings is 1. The fourth-order valence-corrected chi connectivity index (χ4v) is 2.08. The van der Waals surface area contributed by atoms with Crippen LogP contribution in [0, 0.1) is 5.82 Å². The van der Waals surface area contributed by atoms with E-state index in [-0.39, 0.29) is 23.1 Å². The molecule has 0 saturated carbocycles. The van der Waals surface area contributed by atoms with Crippen molar-refractivity contribution >= 4 is 17.5 Å². The third-order valence-corrected chi connectivity index (χ3v) is 3.35. The molecule has 0 fully saturated rings. The highest BCUT2D eigenvalue weighted by Gasteiger charge is 2.16. The number of nitrogens with zero attached hydrogens (tertiary/aromatic N) is 2. The van der Waals surface area contributed by atoms with Gasteiger partial charge in [0.15, 0.2) is 0 Å². The molecule has 0 spiro atoms.